The summed E-state index contributed by atoms with van der Waals surface area (Å²) in [6, 6.07) is 7.50. The van der Waals surface area contributed by atoms with Crippen LogP contribution in [0.4, 0.5) is 4.79 Å². The first-order chi connectivity index (χ1) is 10.6. The Labute approximate surface area is 135 Å². The summed E-state index contributed by atoms with van der Waals surface area (Å²) in [6.45, 7) is 5.03. The lowest BCUT2D eigenvalue weighted by atomic mass is 10.2. The molecule has 0 radical (unpaired) electrons. The third-order valence-corrected chi connectivity index (χ3v) is 4.12. The number of nitrogens with zero attached hydrogens (tertiary/aromatic N) is 2. The molecule has 1 unspecified atom stereocenters. The van der Waals surface area contributed by atoms with Gasteiger partial charge in [0.2, 0.25) is 0 Å². The van der Waals surface area contributed by atoms with E-state index in [0.717, 1.165) is 24.9 Å². The topological polar surface area (TPSA) is 49.9 Å². The van der Waals surface area contributed by atoms with E-state index in [9.17, 15) is 9.59 Å². The van der Waals surface area contributed by atoms with Crippen LogP contribution in [0, 0.1) is 0 Å². The maximum absolute atomic E-state index is 12.1. The Hall–Kier alpha value is -1.59. The van der Waals surface area contributed by atoms with Gasteiger partial charge in [-0.15, -0.1) is 0 Å². The second-order valence-electron chi connectivity index (χ2n) is 5.46. The van der Waals surface area contributed by atoms with E-state index in [0.29, 0.717) is 24.5 Å². The van der Waals surface area contributed by atoms with Gasteiger partial charge in [0.05, 0.1) is 0 Å². The highest BCUT2D eigenvalue weighted by atomic mass is 35.5. The molecule has 1 heterocycles. The largest absolute Gasteiger partial charge is 0.445 e. The number of benzene rings is 1. The van der Waals surface area contributed by atoms with Crippen LogP contribution in [0.2, 0.25) is 5.02 Å². The van der Waals surface area contributed by atoms with E-state index in [2.05, 4.69) is 4.90 Å². The maximum atomic E-state index is 12.1. The van der Waals surface area contributed by atoms with E-state index in [-0.39, 0.29) is 18.7 Å². The van der Waals surface area contributed by atoms with Crippen molar-refractivity contribution in [1.29, 1.82) is 0 Å². The molecule has 22 heavy (non-hydrogen) atoms. The molecule has 1 saturated heterocycles. The highest BCUT2D eigenvalue weighted by Gasteiger charge is 2.24. The number of rotatable bonds is 5. The zero-order chi connectivity index (χ0) is 15.9. The summed E-state index contributed by atoms with van der Waals surface area (Å²) in [5.41, 5.74) is 0.874. The fourth-order valence-corrected chi connectivity index (χ4v) is 2.71. The van der Waals surface area contributed by atoms with Crippen molar-refractivity contribution in [2.24, 2.45) is 0 Å². The summed E-state index contributed by atoms with van der Waals surface area (Å²) >= 11 is 5.90. The van der Waals surface area contributed by atoms with Crippen molar-refractivity contribution in [1.82, 2.24) is 9.80 Å². The van der Waals surface area contributed by atoms with Crippen LogP contribution in [0.25, 0.3) is 0 Å². The Morgan fingerprint density at radius 3 is 2.73 bits per heavy atom. The minimum absolute atomic E-state index is 0.223. The van der Waals surface area contributed by atoms with Gasteiger partial charge in [-0.1, -0.05) is 23.7 Å². The normalized spacial score (nSPS) is 17.1. The molecular weight excluding hydrogens is 304 g/mol. The van der Waals surface area contributed by atoms with E-state index in [1.54, 1.807) is 17.0 Å². The predicted molar refractivity (Wildman–Crippen MR) is 84.9 cm³/mol. The lowest BCUT2D eigenvalue weighted by Gasteiger charge is -2.37. The van der Waals surface area contributed by atoms with Gasteiger partial charge in [-0.2, -0.15) is 0 Å². The summed E-state index contributed by atoms with van der Waals surface area (Å²) in [6.07, 6.45) is 1.16. The molecule has 0 bridgehead atoms. The third kappa shape index (κ3) is 4.71. The Morgan fingerprint density at radius 1 is 1.36 bits per heavy atom. The molecule has 0 N–H and O–H groups in total. The van der Waals surface area contributed by atoms with Crippen molar-refractivity contribution in [3.8, 4) is 0 Å². The minimum atomic E-state index is -0.303. The molecule has 1 aromatic rings. The van der Waals surface area contributed by atoms with E-state index >= 15 is 0 Å². The van der Waals surface area contributed by atoms with Crippen LogP contribution in [-0.2, 0) is 16.1 Å². The number of carbonyl (C=O) groups is 2. The van der Waals surface area contributed by atoms with E-state index < -0.39 is 0 Å². The standard InChI is InChI=1S/C16H21ClN2O3/c1-13(5-10-20)18-6-8-19(9-7-18)16(21)22-12-14-3-2-4-15(17)11-14/h2-4,10-11,13H,5-9,12H2,1H3. The van der Waals surface area contributed by atoms with Crippen LogP contribution in [-0.4, -0.2) is 54.4 Å². The predicted octanol–water partition coefficient (Wildman–Crippen LogP) is 2.57. The van der Waals surface area contributed by atoms with Crippen molar-refractivity contribution >= 4 is 24.0 Å². The number of carbonyl (C=O) groups excluding carboxylic acids is 2. The van der Waals surface area contributed by atoms with E-state index in [1.807, 2.05) is 19.1 Å². The Morgan fingerprint density at radius 2 is 2.09 bits per heavy atom. The molecule has 1 aliphatic rings. The van der Waals surface area contributed by atoms with Gasteiger partial charge in [0.25, 0.3) is 0 Å². The zero-order valence-corrected chi connectivity index (χ0v) is 13.5. The summed E-state index contributed by atoms with van der Waals surface area (Å²) in [5.74, 6) is 0. The van der Waals surface area contributed by atoms with Crippen LogP contribution < -0.4 is 0 Å². The number of piperazine rings is 1. The monoisotopic (exact) mass is 324 g/mol. The molecule has 120 valence electrons. The second-order valence-corrected chi connectivity index (χ2v) is 5.90. The molecule has 0 aliphatic carbocycles. The molecular formula is C16H21ClN2O3. The average molecular weight is 325 g/mol. The SMILES string of the molecule is CC(CC=O)N1CCN(C(=O)OCc2cccc(Cl)c2)CC1. The van der Waals surface area contributed by atoms with Gasteiger partial charge in [-0.25, -0.2) is 4.79 Å². The van der Waals surface area contributed by atoms with Crippen molar-refractivity contribution in [3.63, 3.8) is 0 Å². The summed E-state index contributed by atoms with van der Waals surface area (Å²) in [4.78, 5) is 26.5. The van der Waals surface area contributed by atoms with E-state index in [1.165, 1.54) is 0 Å². The number of amides is 1. The smallest absolute Gasteiger partial charge is 0.410 e. The molecule has 2 rings (SSSR count). The maximum Gasteiger partial charge on any atom is 0.410 e. The van der Waals surface area contributed by atoms with Gasteiger partial charge in [-0.05, 0) is 24.6 Å². The summed E-state index contributed by atoms with van der Waals surface area (Å²) in [7, 11) is 0. The van der Waals surface area contributed by atoms with Gasteiger partial charge in [0.15, 0.2) is 0 Å². The van der Waals surface area contributed by atoms with Gasteiger partial charge >= 0.3 is 6.09 Å². The number of hydrogen-bond acceptors (Lipinski definition) is 4. The fourth-order valence-electron chi connectivity index (χ4n) is 2.50. The first-order valence-electron chi connectivity index (χ1n) is 7.44. The van der Waals surface area contributed by atoms with Crippen LogP contribution in [0.5, 0.6) is 0 Å². The number of hydrogen-bond donors (Lipinski definition) is 0. The lowest BCUT2D eigenvalue weighted by Crippen LogP contribution is -2.51. The molecule has 1 aliphatic heterocycles. The average Bonchev–Trinajstić information content (AvgIpc) is 2.53. The van der Waals surface area contributed by atoms with Crippen molar-refractivity contribution in [2.75, 3.05) is 26.2 Å². The molecule has 1 fully saturated rings. The number of halogens is 1. The summed E-state index contributed by atoms with van der Waals surface area (Å²) in [5, 5.41) is 0.631. The zero-order valence-electron chi connectivity index (χ0n) is 12.7. The first kappa shape index (κ1) is 16.8. The molecule has 5 nitrogen and oxygen atoms in total. The lowest BCUT2D eigenvalue weighted by molar-refractivity contribution is -0.109. The van der Waals surface area contributed by atoms with Gasteiger partial charge in [0, 0.05) is 43.7 Å². The molecule has 0 saturated carbocycles. The van der Waals surface area contributed by atoms with Gasteiger partial charge in [0.1, 0.15) is 12.9 Å². The minimum Gasteiger partial charge on any atom is -0.445 e. The Kier molecular flexibility index (Phi) is 6.21. The number of ether oxygens (including phenoxy) is 1. The van der Waals surface area contributed by atoms with Crippen LogP contribution in [0.3, 0.4) is 0 Å². The third-order valence-electron chi connectivity index (χ3n) is 3.88. The molecule has 1 atom stereocenters. The quantitative estimate of drug-likeness (QED) is 0.781. The van der Waals surface area contributed by atoms with Crippen molar-refractivity contribution in [2.45, 2.75) is 26.0 Å². The number of aldehydes is 1. The van der Waals surface area contributed by atoms with Crippen LogP contribution in [0.1, 0.15) is 18.9 Å². The van der Waals surface area contributed by atoms with Crippen LogP contribution >= 0.6 is 11.6 Å². The molecule has 0 aromatic heterocycles. The Bertz CT molecular complexity index is 516. The first-order valence-corrected chi connectivity index (χ1v) is 7.82. The fraction of sp³-hybridized carbons (Fsp3) is 0.500. The molecule has 1 aromatic carbocycles. The summed E-state index contributed by atoms with van der Waals surface area (Å²) < 4.78 is 5.32. The molecule has 0 spiro atoms. The second kappa shape index (κ2) is 8.15. The Balaban J connectivity index is 1.76. The van der Waals surface area contributed by atoms with Crippen LogP contribution in [0.15, 0.2) is 24.3 Å². The highest BCUT2D eigenvalue weighted by molar-refractivity contribution is 6.30. The van der Waals surface area contributed by atoms with E-state index in [4.69, 9.17) is 16.3 Å². The molecule has 1 amide bonds. The highest BCUT2D eigenvalue weighted by Crippen LogP contribution is 2.13. The van der Waals surface area contributed by atoms with Gasteiger partial charge in [-0.3, -0.25) is 4.90 Å². The van der Waals surface area contributed by atoms with Crippen molar-refractivity contribution in [3.05, 3.63) is 34.9 Å². The van der Waals surface area contributed by atoms with Crippen molar-refractivity contribution < 1.29 is 14.3 Å². The van der Waals surface area contributed by atoms with Gasteiger partial charge < -0.3 is 14.4 Å². The molecule has 6 heteroatoms.